The van der Waals surface area contributed by atoms with Crippen LogP contribution in [0.4, 0.5) is 4.39 Å². The molecular formula is C15H21BrFNO. The zero-order valence-corrected chi connectivity index (χ0v) is 12.9. The second-order valence-electron chi connectivity index (χ2n) is 5.35. The summed E-state index contributed by atoms with van der Waals surface area (Å²) in [4.78, 5) is 0. The molecule has 0 aromatic heterocycles. The van der Waals surface area contributed by atoms with E-state index in [2.05, 4.69) is 28.2 Å². The molecule has 0 bridgehead atoms. The number of nitrogens with one attached hydrogen (secondary N) is 1. The van der Waals surface area contributed by atoms with Gasteiger partial charge in [0.2, 0.25) is 0 Å². The highest BCUT2D eigenvalue weighted by Gasteiger charge is 2.33. The molecule has 1 aliphatic rings. The predicted octanol–water partition coefficient (Wildman–Crippen LogP) is 3.54. The van der Waals surface area contributed by atoms with Gasteiger partial charge >= 0.3 is 0 Å². The van der Waals surface area contributed by atoms with E-state index in [9.17, 15) is 4.39 Å². The lowest BCUT2D eigenvalue weighted by molar-refractivity contribution is -0.00728. The van der Waals surface area contributed by atoms with E-state index in [1.807, 2.05) is 12.1 Å². The third-order valence-corrected chi connectivity index (χ3v) is 4.23. The van der Waals surface area contributed by atoms with E-state index < -0.39 is 0 Å². The van der Waals surface area contributed by atoms with Crippen LogP contribution in [-0.2, 0) is 11.2 Å². The lowest BCUT2D eigenvalue weighted by atomic mass is 9.77. The molecule has 19 heavy (non-hydrogen) atoms. The molecule has 1 fully saturated rings. The lowest BCUT2D eigenvalue weighted by Gasteiger charge is -2.37. The van der Waals surface area contributed by atoms with Gasteiger partial charge in [-0.1, -0.05) is 28.9 Å². The molecule has 0 aliphatic carbocycles. The van der Waals surface area contributed by atoms with Gasteiger partial charge in [0.05, 0.1) is 6.61 Å². The van der Waals surface area contributed by atoms with Gasteiger partial charge in [0.15, 0.2) is 0 Å². The van der Waals surface area contributed by atoms with Crippen molar-refractivity contribution in [2.45, 2.75) is 26.2 Å². The van der Waals surface area contributed by atoms with E-state index in [-0.39, 0.29) is 11.2 Å². The van der Waals surface area contributed by atoms with Gasteiger partial charge in [-0.15, -0.1) is 0 Å². The molecule has 2 rings (SSSR count). The second kappa shape index (κ2) is 6.82. The highest BCUT2D eigenvalue weighted by molar-refractivity contribution is 9.10. The maximum Gasteiger partial charge on any atom is 0.127 e. The van der Waals surface area contributed by atoms with Gasteiger partial charge in [-0.05, 0) is 43.5 Å². The molecule has 2 nitrogen and oxygen atoms in total. The van der Waals surface area contributed by atoms with Gasteiger partial charge in [0.25, 0.3) is 0 Å². The monoisotopic (exact) mass is 329 g/mol. The van der Waals surface area contributed by atoms with Crippen LogP contribution in [0.3, 0.4) is 0 Å². The Bertz CT molecular complexity index is 419. The molecule has 1 aromatic carbocycles. The van der Waals surface area contributed by atoms with Gasteiger partial charge in [0, 0.05) is 23.0 Å². The third kappa shape index (κ3) is 4.01. The first-order valence-electron chi connectivity index (χ1n) is 6.88. The largest absolute Gasteiger partial charge is 0.381 e. The van der Waals surface area contributed by atoms with Gasteiger partial charge in [-0.2, -0.15) is 0 Å². The zero-order chi connectivity index (χ0) is 13.7. The van der Waals surface area contributed by atoms with Crippen LogP contribution >= 0.6 is 15.9 Å². The Morgan fingerprint density at radius 2 is 2.32 bits per heavy atom. The second-order valence-corrected chi connectivity index (χ2v) is 6.26. The Kier molecular flexibility index (Phi) is 5.37. The molecule has 4 heteroatoms. The average Bonchev–Trinajstić information content (AvgIpc) is 2.41. The summed E-state index contributed by atoms with van der Waals surface area (Å²) >= 11 is 3.30. The van der Waals surface area contributed by atoms with E-state index in [1.54, 1.807) is 6.07 Å². The van der Waals surface area contributed by atoms with Gasteiger partial charge in [0.1, 0.15) is 5.82 Å². The maximum absolute atomic E-state index is 14.0. The first kappa shape index (κ1) is 14.9. The molecule has 0 saturated carbocycles. The molecule has 1 saturated heterocycles. The summed E-state index contributed by atoms with van der Waals surface area (Å²) in [5, 5.41) is 3.40. The molecular weight excluding hydrogens is 309 g/mol. The van der Waals surface area contributed by atoms with Gasteiger partial charge < -0.3 is 10.1 Å². The van der Waals surface area contributed by atoms with Crippen LogP contribution in [0.25, 0.3) is 0 Å². The number of benzene rings is 1. The Balaban J connectivity index is 2.14. The summed E-state index contributed by atoms with van der Waals surface area (Å²) in [6, 6.07) is 5.32. The molecule has 0 amide bonds. The van der Waals surface area contributed by atoms with Crippen molar-refractivity contribution in [2.75, 3.05) is 26.3 Å². The van der Waals surface area contributed by atoms with E-state index >= 15 is 0 Å². The Morgan fingerprint density at radius 3 is 2.95 bits per heavy atom. The first-order valence-corrected chi connectivity index (χ1v) is 7.67. The fourth-order valence-electron chi connectivity index (χ4n) is 2.71. The van der Waals surface area contributed by atoms with Crippen LogP contribution in [0.2, 0.25) is 0 Å². The van der Waals surface area contributed by atoms with Crippen LogP contribution in [0.5, 0.6) is 0 Å². The summed E-state index contributed by atoms with van der Waals surface area (Å²) in [5.41, 5.74) is 0.815. The van der Waals surface area contributed by atoms with Crippen LogP contribution in [0.15, 0.2) is 22.7 Å². The molecule has 1 aliphatic heterocycles. The quantitative estimate of drug-likeness (QED) is 0.892. The molecule has 1 heterocycles. The lowest BCUT2D eigenvalue weighted by Crippen LogP contribution is -2.42. The summed E-state index contributed by atoms with van der Waals surface area (Å²) in [6.45, 7) is 5.47. The van der Waals surface area contributed by atoms with Gasteiger partial charge in [-0.3, -0.25) is 0 Å². The van der Waals surface area contributed by atoms with E-state index in [0.29, 0.717) is 0 Å². The van der Waals surface area contributed by atoms with Crippen LogP contribution < -0.4 is 5.32 Å². The van der Waals surface area contributed by atoms with Crippen molar-refractivity contribution >= 4 is 15.9 Å². The topological polar surface area (TPSA) is 21.3 Å². The van der Waals surface area contributed by atoms with E-state index in [4.69, 9.17) is 4.74 Å². The zero-order valence-electron chi connectivity index (χ0n) is 11.3. The minimum atomic E-state index is -0.129. The number of rotatable bonds is 5. The van der Waals surface area contributed by atoms with Crippen molar-refractivity contribution in [2.24, 2.45) is 5.41 Å². The van der Waals surface area contributed by atoms with Crippen molar-refractivity contribution in [3.8, 4) is 0 Å². The van der Waals surface area contributed by atoms with Crippen LogP contribution in [-0.4, -0.2) is 26.3 Å². The Hall–Kier alpha value is -0.450. The Morgan fingerprint density at radius 1 is 1.47 bits per heavy atom. The smallest absolute Gasteiger partial charge is 0.127 e. The minimum absolute atomic E-state index is 0.0307. The first-order chi connectivity index (χ1) is 9.15. The molecule has 1 atom stereocenters. The van der Waals surface area contributed by atoms with Gasteiger partial charge in [-0.25, -0.2) is 4.39 Å². The van der Waals surface area contributed by atoms with Crippen molar-refractivity contribution in [3.05, 3.63) is 34.1 Å². The minimum Gasteiger partial charge on any atom is -0.381 e. The predicted molar refractivity (Wildman–Crippen MR) is 78.8 cm³/mol. The number of hydrogen-bond donors (Lipinski definition) is 1. The molecule has 106 valence electrons. The maximum atomic E-state index is 14.0. The van der Waals surface area contributed by atoms with Crippen molar-refractivity contribution < 1.29 is 9.13 Å². The summed E-state index contributed by atoms with van der Waals surface area (Å²) in [7, 11) is 0. The summed E-state index contributed by atoms with van der Waals surface area (Å²) < 4.78 is 20.4. The van der Waals surface area contributed by atoms with E-state index in [1.165, 1.54) is 0 Å². The number of hydrogen-bond acceptors (Lipinski definition) is 2. The standard InChI is InChI=1S/C15H21BrFNO/c1-2-18-10-15(6-3-7-19-11-15)9-12-4-5-13(16)8-14(12)17/h4-5,8,18H,2-3,6-7,9-11H2,1H3. The van der Waals surface area contributed by atoms with Crippen molar-refractivity contribution in [1.29, 1.82) is 0 Å². The highest BCUT2D eigenvalue weighted by atomic mass is 79.9. The molecule has 1 N–H and O–H groups in total. The van der Waals surface area contributed by atoms with Crippen LogP contribution in [0.1, 0.15) is 25.3 Å². The SMILES string of the molecule is CCNCC1(Cc2ccc(Br)cc2F)CCCOC1. The highest BCUT2D eigenvalue weighted by Crippen LogP contribution is 2.33. The molecule has 1 aromatic rings. The molecule has 0 spiro atoms. The molecule has 1 unspecified atom stereocenters. The average molecular weight is 330 g/mol. The summed E-state index contributed by atoms with van der Waals surface area (Å²) in [5.74, 6) is -0.129. The summed E-state index contributed by atoms with van der Waals surface area (Å²) in [6.07, 6.45) is 2.89. The normalized spacial score (nSPS) is 23.5. The fourth-order valence-corrected chi connectivity index (χ4v) is 3.04. The third-order valence-electron chi connectivity index (χ3n) is 3.73. The fraction of sp³-hybridized carbons (Fsp3) is 0.600. The number of ether oxygens (including phenoxy) is 1. The number of halogens is 2. The Labute approximate surface area is 122 Å². The molecule has 0 radical (unpaired) electrons. The van der Waals surface area contributed by atoms with E-state index in [0.717, 1.165) is 55.6 Å². The van der Waals surface area contributed by atoms with Crippen molar-refractivity contribution in [3.63, 3.8) is 0 Å². The van der Waals surface area contributed by atoms with Crippen molar-refractivity contribution in [1.82, 2.24) is 5.32 Å². The van der Waals surface area contributed by atoms with Crippen LogP contribution in [0, 0.1) is 11.2 Å².